The van der Waals surface area contributed by atoms with Crippen molar-refractivity contribution in [2.75, 3.05) is 0 Å². The molecule has 3 saturated carbocycles. The van der Waals surface area contributed by atoms with E-state index in [1.807, 2.05) is 56.3 Å². The van der Waals surface area contributed by atoms with E-state index in [2.05, 4.69) is 47.2 Å². The summed E-state index contributed by atoms with van der Waals surface area (Å²) in [5, 5.41) is 0. The molecule has 0 amide bonds. The molecule has 8 rings (SSSR count). The molecule has 51 heavy (non-hydrogen) atoms. The number of rotatable bonds is 7. The number of benzene rings is 4. The molecule has 0 aromatic heterocycles. The first-order valence-electron chi connectivity index (χ1n) is 18.1. The lowest BCUT2D eigenvalue weighted by Crippen LogP contribution is -2.36. The number of hydrogen-bond acceptors (Lipinski definition) is 5. The summed E-state index contributed by atoms with van der Waals surface area (Å²) in [6.07, 6.45) is 9.99. The van der Waals surface area contributed by atoms with Crippen LogP contribution in [0.15, 0.2) is 119 Å². The fraction of sp³-hybridized carbons (Fsp3) is 0.415. The third kappa shape index (κ3) is 9.50. The minimum absolute atomic E-state index is 0. The molecule has 4 aromatic rings. The Bertz CT molecular complexity index is 1900. The third-order valence-electron chi connectivity index (χ3n) is 10.8. The number of fused-ring (bicyclic) bond motifs is 1. The molecule has 4 aromatic carbocycles. The molecule has 3 aliphatic carbocycles. The van der Waals surface area contributed by atoms with Gasteiger partial charge in [0.05, 0.1) is 9.79 Å². The Morgan fingerprint density at radius 2 is 1.02 bits per heavy atom. The molecule has 3 N–H and O–H groups in total. The highest BCUT2D eigenvalue weighted by atomic mass is 35.5. The van der Waals surface area contributed by atoms with E-state index in [0.29, 0.717) is 33.8 Å². The highest BCUT2D eigenvalue weighted by Crippen LogP contribution is 2.46. The molecule has 1 heterocycles. The second-order valence-electron chi connectivity index (χ2n) is 14.3. The molecule has 0 radical (unpaired) electrons. The van der Waals surface area contributed by atoms with Gasteiger partial charge in [-0.05, 0) is 93.7 Å². The number of nitrogens with two attached hydrogens (primary N) is 1. The van der Waals surface area contributed by atoms with Crippen LogP contribution >= 0.6 is 12.4 Å². The summed E-state index contributed by atoms with van der Waals surface area (Å²) >= 11 is 0. The lowest BCUT2D eigenvalue weighted by molar-refractivity contribution is 0.517. The van der Waals surface area contributed by atoms with Crippen LogP contribution < -0.4 is 10.5 Å². The van der Waals surface area contributed by atoms with Gasteiger partial charge in [-0.25, -0.2) is 21.6 Å². The second-order valence-corrected chi connectivity index (χ2v) is 17.9. The summed E-state index contributed by atoms with van der Waals surface area (Å²) in [7, 11) is -6.66. The van der Waals surface area contributed by atoms with Gasteiger partial charge >= 0.3 is 0 Å². The van der Waals surface area contributed by atoms with Crippen molar-refractivity contribution in [3.8, 4) is 0 Å². The van der Waals surface area contributed by atoms with Gasteiger partial charge in [-0.15, -0.1) is 12.4 Å². The van der Waals surface area contributed by atoms with E-state index in [1.165, 1.54) is 36.8 Å². The average molecular weight is 750 g/mol. The number of hydrogen-bond donors (Lipinski definition) is 2. The van der Waals surface area contributed by atoms with Gasteiger partial charge in [0, 0.05) is 30.1 Å². The minimum atomic E-state index is -3.45. The van der Waals surface area contributed by atoms with Gasteiger partial charge in [0.15, 0.2) is 0 Å². The van der Waals surface area contributed by atoms with Crippen LogP contribution in [0.25, 0.3) is 0 Å². The maximum atomic E-state index is 12.6. The number of halogens is 1. The van der Waals surface area contributed by atoms with Crippen LogP contribution in [0.2, 0.25) is 0 Å². The van der Waals surface area contributed by atoms with Crippen molar-refractivity contribution >= 4 is 32.5 Å². The first-order valence-corrected chi connectivity index (χ1v) is 21.0. The van der Waals surface area contributed by atoms with Crippen LogP contribution in [0, 0.1) is 13.8 Å². The lowest BCUT2D eigenvalue weighted by atomic mass is 9.95. The predicted octanol–water partition coefficient (Wildman–Crippen LogP) is 8.23. The highest BCUT2D eigenvalue weighted by Gasteiger charge is 2.57. The van der Waals surface area contributed by atoms with E-state index >= 15 is 0 Å². The Morgan fingerprint density at radius 3 is 1.53 bits per heavy atom. The van der Waals surface area contributed by atoms with Gasteiger partial charge < -0.3 is 5.73 Å². The van der Waals surface area contributed by atoms with Crippen LogP contribution in [0.4, 0.5) is 0 Å². The molecule has 0 spiro atoms. The highest BCUT2D eigenvalue weighted by molar-refractivity contribution is 7.89. The molecule has 6 atom stereocenters. The summed E-state index contributed by atoms with van der Waals surface area (Å²) in [5.74, 6) is 0.882. The van der Waals surface area contributed by atoms with Crippen LogP contribution in [-0.4, -0.2) is 45.3 Å². The van der Waals surface area contributed by atoms with Crippen molar-refractivity contribution in [3.63, 3.8) is 0 Å². The lowest BCUT2D eigenvalue weighted by Gasteiger charge is -2.21. The molecule has 0 bridgehead atoms. The zero-order valence-electron chi connectivity index (χ0n) is 29.6. The van der Waals surface area contributed by atoms with E-state index in [1.54, 1.807) is 28.6 Å². The zero-order valence-corrected chi connectivity index (χ0v) is 32.1. The van der Waals surface area contributed by atoms with Gasteiger partial charge in [-0.2, -0.15) is 4.31 Å². The molecule has 274 valence electrons. The van der Waals surface area contributed by atoms with Gasteiger partial charge in [0.1, 0.15) is 0 Å². The summed E-state index contributed by atoms with van der Waals surface area (Å²) in [6, 6.07) is 35.9. The first kappa shape index (κ1) is 39.2. The normalized spacial score (nSPS) is 26.5. The van der Waals surface area contributed by atoms with Crippen molar-refractivity contribution in [3.05, 3.63) is 131 Å². The summed E-state index contributed by atoms with van der Waals surface area (Å²) in [5.41, 5.74) is 10.8. The SMILES string of the molecule is Cc1ccc(S(=O)(=O)N2C3CCCC32)cc1.Cc1ccc(S(=O)(=O)N[C@@H]2CCC[C@H]2c2ccccc2)cc1.Cl.N[C@@H]1CCC[C@H]1c1ccccc1. The van der Waals surface area contributed by atoms with Crippen LogP contribution in [0.1, 0.15) is 91.9 Å². The quantitative estimate of drug-likeness (QED) is 0.185. The fourth-order valence-corrected chi connectivity index (χ4v) is 11.1. The molecule has 2 unspecified atom stereocenters. The molecule has 4 aliphatic rings. The summed E-state index contributed by atoms with van der Waals surface area (Å²) in [6.45, 7) is 3.91. The summed E-state index contributed by atoms with van der Waals surface area (Å²) < 4.78 is 54.2. The fourth-order valence-electron chi connectivity index (χ4n) is 7.96. The Balaban J connectivity index is 0.000000154. The molecule has 10 heteroatoms. The van der Waals surface area contributed by atoms with E-state index < -0.39 is 20.0 Å². The van der Waals surface area contributed by atoms with Gasteiger partial charge in [0.25, 0.3) is 0 Å². The second kappa shape index (κ2) is 17.2. The number of sulfonamides is 2. The number of aryl methyl sites for hydroxylation is 2. The van der Waals surface area contributed by atoms with E-state index in [4.69, 9.17) is 5.73 Å². The molecule has 4 fully saturated rings. The van der Waals surface area contributed by atoms with Crippen molar-refractivity contribution in [1.29, 1.82) is 0 Å². The van der Waals surface area contributed by atoms with Crippen LogP contribution in [0.3, 0.4) is 0 Å². The van der Waals surface area contributed by atoms with Crippen molar-refractivity contribution in [2.24, 2.45) is 5.73 Å². The smallest absolute Gasteiger partial charge is 0.243 e. The van der Waals surface area contributed by atoms with Gasteiger partial charge in [-0.1, -0.05) is 115 Å². The van der Waals surface area contributed by atoms with Crippen molar-refractivity contribution in [1.82, 2.24) is 9.03 Å². The van der Waals surface area contributed by atoms with Crippen molar-refractivity contribution in [2.45, 2.75) is 117 Å². The van der Waals surface area contributed by atoms with E-state index in [9.17, 15) is 16.8 Å². The number of nitrogens with one attached hydrogen (secondary N) is 1. The number of piperidine rings is 1. The van der Waals surface area contributed by atoms with Crippen LogP contribution in [0.5, 0.6) is 0 Å². The Labute approximate surface area is 311 Å². The minimum Gasteiger partial charge on any atom is -0.327 e. The first-order chi connectivity index (χ1) is 24.0. The molecule has 1 aliphatic heterocycles. The Kier molecular flexibility index (Phi) is 13.2. The van der Waals surface area contributed by atoms with Gasteiger partial charge in [0.2, 0.25) is 20.0 Å². The monoisotopic (exact) mass is 749 g/mol. The predicted molar refractivity (Wildman–Crippen MR) is 208 cm³/mol. The zero-order chi connectivity index (χ0) is 35.3. The largest absolute Gasteiger partial charge is 0.327 e. The third-order valence-corrected chi connectivity index (χ3v) is 14.3. The van der Waals surface area contributed by atoms with Crippen molar-refractivity contribution < 1.29 is 16.8 Å². The standard InChI is InChI=1S/C18H21NO2S.C12H15NO2S.C11H15N.ClH/c1-14-10-12-16(13-11-14)22(20,21)19-18-9-5-8-17(18)15-6-3-2-4-7-15;1-9-5-7-10(8-6-9)16(14,15)13-11-3-2-4-12(11)13;12-11-8-4-7-10(11)9-5-2-1-3-6-9;/h2-4,6-7,10-13,17-19H,5,8-9H2,1H3;5-8,11-12H,2-4H2,1H3;1-3,5-6,10-11H,4,7-8,12H2;1H/t17-,18+;;10-,11+;/m0.0./s1. The molecular weight excluding hydrogens is 698 g/mol. The van der Waals surface area contributed by atoms with E-state index in [-0.39, 0.29) is 24.4 Å². The molecule has 1 saturated heterocycles. The Hall–Kier alpha value is -3.05. The van der Waals surface area contributed by atoms with E-state index in [0.717, 1.165) is 43.2 Å². The maximum Gasteiger partial charge on any atom is 0.243 e. The molecule has 7 nitrogen and oxygen atoms in total. The van der Waals surface area contributed by atoms with Gasteiger partial charge in [-0.3, -0.25) is 0 Å². The average Bonchev–Trinajstić information content (AvgIpc) is 3.52. The molecular formula is C41H52ClN3O4S2. The number of nitrogens with zero attached hydrogens (tertiary/aromatic N) is 1. The maximum absolute atomic E-state index is 12.6. The Morgan fingerprint density at radius 1 is 0.569 bits per heavy atom. The summed E-state index contributed by atoms with van der Waals surface area (Å²) in [4.78, 5) is 0.782. The van der Waals surface area contributed by atoms with Crippen LogP contribution in [-0.2, 0) is 20.0 Å². The topological polar surface area (TPSA) is 109 Å².